The predicted octanol–water partition coefficient (Wildman–Crippen LogP) is 2.27. The van der Waals surface area contributed by atoms with Crippen molar-refractivity contribution in [3.63, 3.8) is 0 Å². The van der Waals surface area contributed by atoms with Crippen LogP contribution in [0.15, 0.2) is 24.3 Å². The van der Waals surface area contributed by atoms with Crippen LogP contribution in [-0.4, -0.2) is 41.2 Å². The van der Waals surface area contributed by atoms with Crippen molar-refractivity contribution >= 4 is 15.7 Å². The first-order valence-electron chi connectivity index (χ1n) is 7.68. The van der Waals surface area contributed by atoms with Gasteiger partial charge in [0, 0.05) is 26.2 Å². The summed E-state index contributed by atoms with van der Waals surface area (Å²) in [5.41, 5.74) is 2.01. The number of para-hydroxylation sites is 1. The Labute approximate surface area is 132 Å². The number of ether oxygens (including phenoxy) is 2. The molecule has 0 radical (unpaired) electrons. The van der Waals surface area contributed by atoms with Gasteiger partial charge in [0.05, 0.1) is 5.69 Å². The fraction of sp³-hybridized carbons (Fsp3) is 0.625. The van der Waals surface area contributed by atoms with Gasteiger partial charge in [0.25, 0.3) is 0 Å². The number of methoxy groups -OCH3 is 2. The van der Waals surface area contributed by atoms with Gasteiger partial charge in [-0.2, -0.15) is 0 Å². The average molecular weight is 325 g/mol. The van der Waals surface area contributed by atoms with E-state index in [9.17, 15) is 8.42 Å². The zero-order valence-electron chi connectivity index (χ0n) is 13.1. The molecular weight excluding hydrogens is 302 g/mol. The maximum atomic E-state index is 12.8. The van der Waals surface area contributed by atoms with E-state index in [-0.39, 0.29) is 11.2 Å². The first-order valence-corrected chi connectivity index (χ1v) is 9.29. The summed E-state index contributed by atoms with van der Waals surface area (Å²) in [4.78, 5) is 0. The van der Waals surface area contributed by atoms with Crippen LogP contribution in [-0.2, 0) is 24.9 Å². The highest BCUT2D eigenvalue weighted by molar-refractivity contribution is 7.92. The minimum atomic E-state index is -3.48. The lowest BCUT2D eigenvalue weighted by atomic mass is 9.81. The zero-order chi connectivity index (χ0) is 15.8. The molecule has 1 aliphatic heterocycles. The highest BCUT2D eigenvalue weighted by atomic mass is 32.2. The molecule has 0 atom stereocenters. The van der Waals surface area contributed by atoms with Gasteiger partial charge in [-0.05, 0) is 24.5 Å². The quantitative estimate of drug-likeness (QED) is 0.779. The topological polar surface area (TPSA) is 55.8 Å². The molecule has 22 heavy (non-hydrogen) atoms. The van der Waals surface area contributed by atoms with Crippen molar-refractivity contribution in [3.05, 3.63) is 29.8 Å². The number of hydrogen-bond acceptors (Lipinski definition) is 4. The SMILES string of the molecule is COC(CS(=O)(=O)N1CC2(CCCC2)c2ccccc21)OC. The second-order valence-corrected chi connectivity index (χ2v) is 8.13. The molecule has 5 nitrogen and oxygen atoms in total. The van der Waals surface area contributed by atoms with E-state index >= 15 is 0 Å². The van der Waals surface area contributed by atoms with Crippen molar-refractivity contribution in [2.75, 3.05) is 30.8 Å². The first-order chi connectivity index (χ1) is 10.5. The lowest BCUT2D eigenvalue weighted by molar-refractivity contribution is -0.0852. The number of rotatable bonds is 5. The van der Waals surface area contributed by atoms with Crippen LogP contribution in [0.1, 0.15) is 31.2 Å². The third-order valence-corrected chi connectivity index (χ3v) is 6.65. The standard InChI is InChI=1S/C16H23NO4S/c1-20-15(21-2)11-22(18,19)17-12-16(9-5-6-10-16)13-7-3-4-8-14(13)17/h3-4,7-8,15H,5-6,9-12H2,1-2H3. The van der Waals surface area contributed by atoms with Crippen LogP contribution in [0.5, 0.6) is 0 Å². The van der Waals surface area contributed by atoms with E-state index in [1.807, 2.05) is 18.2 Å². The third kappa shape index (κ3) is 2.53. The summed E-state index contributed by atoms with van der Waals surface area (Å²) in [7, 11) is -0.560. The van der Waals surface area contributed by atoms with E-state index in [2.05, 4.69) is 6.07 Å². The van der Waals surface area contributed by atoms with Crippen molar-refractivity contribution < 1.29 is 17.9 Å². The molecule has 2 aliphatic rings. The molecule has 0 aromatic heterocycles. The second kappa shape index (κ2) is 5.83. The molecule has 1 fully saturated rings. The van der Waals surface area contributed by atoms with E-state index in [0.717, 1.165) is 18.5 Å². The van der Waals surface area contributed by atoms with Crippen LogP contribution in [0.4, 0.5) is 5.69 Å². The fourth-order valence-corrected chi connectivity index (χ4v) is 5.51. The van der Waals surface area contributed by atoms with Gasteiger partial charge in [-0.3, -0.25) is 4.31 Å². The summed E-state index contributed by atoms with van der Waals surface area (Å²) >= 11 is 0. The van der Waals surface area contributed by atoms with E-state index in [1.54, 1.807) is 4.31 Å². The van der Waals surface area contributed by atoms with Crippen LogP contribution in [0.2, 0.25) is 0 Å². The smallest absolute Gasteiger partial charge is 0.240 e. The van der Waals surface area contributed by atoms with E-state index in [0.29, 0.717) is 6.54 Å². The summed E-state index contributed by atoms with van der Waals surface area (Å²) in [5.74, 6) is -0.162. The van der Waals surface area contributed by atoms with Gasteiger partial charge >= 0.3 is 0 Å². The number of nitrogens with zero attached hydrogens (tertiary/aromatic N) is 1. The van der Waals surface area contributed by atoms with Crippen molar-refractivity contribution in [2.24, 2.45) is 0 Å². The van der Waals surface area contributed by atoms with Crippen LogP contribution >= 0.6 is 0 Å². The van der Waals surface area contributed by atoms with Crippen molar-refractivity contribution in [3.8, 4) is 0 Å². The third-order valence-electron chi connectivity index (χ3n) is 4.96. The molecule has 0 N–H and O–H groups in total. The van der Waals surface area contributed by atoms with Crippen molar-refractivity contribution in [1.29, 1.82) is 0 Å². The normalized spacial score (nSPS) is 20.0. The number of benzene rings is 1. The summed E-state index contributed by atoms with van der Waals surface area (Å²) < 4.78 is 37.4. The highest BCUT2D eigenvalue weighted by Gasteiger charge is 2.47. The molecule has 1 aromatic rings. The van der Waals surface area contributed by atoms with E-state index in [4.69, 9.17) is 9.47 Å². The molecule has 1 spiro atoms. The fourth-order valence-electron chi connectivity index (χ4n) is 3.81. The molecule has 122 valence electrons. The average Bonchev–Trinajstić information content (AvgIpc) is 3.12. The Morgan fingerprint density at radius 2 is 1.82 bits per heavy atom. The summed E-state index contributed by atoms with van der Waals surface area (Å²) in [5, 5.41) is 0. The van der Waals surface area contributed by atoms with E-state index in [1.165, 1.54) is 32.6 Å². The van der Waals surface area contributed by atoms with Gasteiger partial charge in [0.2, 0.25) is 10.0 Å². The molecule has 1 heterocycles. The molecule has 1 aliphatic carbocycles. The Hall–Kier alpha value is -1.11. The molecule has 0 saturated heterocycles. The van der Waals surface area contributed by atoms with Gasteiger partial charge in [-0.25, -0.2) is 8.42 Å². The van der Waals surface area contributed by atoms with Gasteiger partial charge in [-0.15, -0.1) is 0 Å². The van der Waals surface area contributed by atoms with Crippen LogP contribution < -0.4 is 4.31 Å². The van der Waals surface area contributed by atoms with Crippen molar-refractivity contribution in [1.82, 2.24) is 0 Å². The lowest BCUT2D eigenvalue weighted by Gasteiger charge is -2.26. The maximum Gasteiger partial charge on any atom is 0.240 e. The Morgan fingerprint density at radius 3 is 2.45 bits per heavy atom. The molecule has 1 aromatic carbocycles. The van der Waals surface area contributed by atoms with Gasteiger partial charge < -0.3 is 9.47 Å². The van der Waals surface area contributed by atoms with Crippen LogP contribution in [0, 0.1) is 0 Å². The number of sulfonamides is 1. The summed E-state index contributed by atoms with van der Waals surface area (Å²) in [6, 6.07) is 7.90. The monoisotopic (exact) mass is 325 g/mol. The Morgan fingerprint density at radius 1 is 1.18 bits per heavy atom. The Balaban J connectivity index is 1.96. The minimum absolute atomic E-state index is 0.000691. The lowest BCUT2D eigenvalue weighted by Crippen LogP contribution is -2.40. The molecule has 0 amide bonds. The maximum absolute atomic E-state index is 12.8. The molecular formula is C16H23NO4S. The largest absolute Gasteiger partial charge is 0.355 e. The van der Waals surface area contributed by atoms with Crippen LogP contribution in [0.25, 0.3) is 0 Å². The minimum Gasteiger partial charge on any atom is -0.355 e. The number of fused-ring (bicyclic) bond motifs is 2. The first kappa shape index (κ1) is 15.8. The molecule has 3 rings (SSSR count). The molecule has 0 bridgehead atoms. The second-order valence-electron chi connectivity index (χ2n) is 6.19. The van der Waals surface area contributed by atoms with Crippen LogP contribution in [0.3, 0.4) is 0 Å². The summed E-state index contributed by atoms with van der Waals surface area (Å²) in [6.07, 6.45) is 3.72. The number of hydrogen-bond donors (Lipinski definition) is 0. The van der Waals surface area contributed by atoms with Gasteiger partial charge in [-0.1, -0.05) is 31.0 Å². The van der Waals surface area contributed by atoms with Crippen molar-refractivity contribution in [2.45, 2.75) is 37.4 Å². The predicted molar refractivity (Wildman–Crippen MR) is 85.5 cm³/mol. The zero-order valence-corrected chi connectivity index (χ0v) is 13.9. The highest BCUT2D eigenvalue weighted by Crippen LogP contribution is 2.51. The molecule has 1 saturated carbocycles. The molecule has 0 unspecified atom stereocenters. The van der Waals surface area contributed by atoms with Gasteiger partial charge in [0.15, 0.2) is 6.29 Å². The molecule has 6 heteroatoms. The number of anilines is 1. The Bertz CT molecular complexity index is 633. The van der Waals surface area contributed by atoms with E-state index < -0.39 is 16.3 Å². The van der Waals surface area contributed by atoms with Gasteiger partial charge in [0.1, 0.15) is 5.75 Å². The Kier molecular flexibility index (Phi) is 4.18. The summed E-state index contributed by atoms with van der Waals surface area (Å²) in [6.45, 7) is 0.550.